The molecular formula is C15H20ClNO4. The minimum Gasteiger partial charge on any atom is -0.486 e. The Balaban J connectivity index is 2.04. The van der Waals surface area contributed by atoms with Gasteiger partial charge in [0.25, 0.3) is 5.91 Å². The van der Waals surface area contributed by atoms with Gasteiger partial charge in [0.1, 0.15) is 13.2 Å². The minimum absolute atomic E-state index is 0.129. The molecule has 0 fully saturated rings. The molecule has 1 aromatic carbocycles. The molecule has 116 valence electrons. The first kappa shape index (κ1) is 15.9. The van der Waals surface area contributed by atoms with Gasteiger partial charge in [-0.1, -0.05) is 24.9 Å². The molecule has 0 saturated heterocycles. The summed E-state index contributed by atoms with van der Waals surface area (Å²) < 4.78 is 10.9. The van der Waals surface area contributed by atoms with Crippen LogP contribution in [0, 0.1) is 5.92 Å². The van der Waals surface area contributed by atoms with Crippen LogP contribution in [0.4, 0.5) is 0 Å². The Hall–Kier alpha value is -1.46. The predicted molar refractivity (Wildman–Crippen MR) is 80.3 cm³/mol. The van der Waals surface area contributed by atoms with Gasteiger partial charge in [-0.3, -0.25) is 4.79 Å². The van der Waals surface area contributed by atoms with E-state index in [1.54, 1.807) is 12.1 Å². The SMILES string of the molecule is CCC(CCO)CNC(=O)c1cc(Cl)c2c(c1)OCCO2. The van der Waals surface area contributed by atoms with Gasteiger partial charge >= 0.3 is 0 Å². The molecular weight excluding hydrogens is 294 g/mol. The van der Waals surface area contributed by atoms with E-state index in [9.17, 15) is 4.79 Å². The number of ether oxygens (including phenoxy) is 2. The molecule has 2 rings (SSSR count). The molecule has 5 nitrogen and oxygen atoms in total. The number of carbonyl (C=O) groups excluding carboxylic acids is 1. The van der Waals surface area contributed by atoms with Crippen LogP contribution in [0.25, 0.3) is 0 Å². The quantitative estimate of drug-likeness (QED) is 0.845. The van der Waals surface area contributed by atoms with Crippen LogP contribution in [0.3, 0.4) is 0 Å². The number of benzene rings is 1. The largest absolute Gasteiger partial charge is 0.486 e. The second kappa shape index (κ2) is 7.52. The smallest absolute Gasteiger partial charge is 0.251 e. The Bertz CT molecular complexity index is 507. The molecule has 0 aromatic heterocycles. The van der Waals surface area contributed by atoms with Crippen molar-refractivity contribution in [2.45, 2.75) is 19.8 Å². The lowest BCUT2D eigenvalue weighted by Gasteiger charge is -2.20. The van der Waals surface area contributed by atoms with Gasteiger partial charge in [-0.2, -0.15) is 0 Å². The summed E-state index contributed by atoms with van der Waals surface area (Å²) >= 11 is 6.11. The summed E-state index contributed by atoms with van der Waals surface area (Å²) in [5.41, 5.74) is 0.447. The molecule has 1 amide bonds. The number of amides is 1. The van der Waals surface area contributed by atoms with Crippen LogP contribution in [0.5, 0.6) is 11.5 Å². The highest BCUT2D eigenvalue weighted by Crippen LogP contribution is 2.38. The number of fused-ring (bicyclic) bond motifs is 1. The highest BCUT2D eigenvalue weighted by atomic mass is 35.5. The molecule has 0 radical (unpaired) electrons. The molecule has 0 aliphatic carbocycles. The van der Waals surface area contributed by atoms with Crippen molar-refractivity contribution < 1.29 is 19.4 Å². The van der Waals surface area contributed by atoms with Crippen LogP contribution >= 0.6 is 11.6 Å². The van der Waals surface area contributed by atoms with E-state index in [1.165, 1.54) is 0 Å². The van der Waals surface area contributed by atoms with Crippen LogP contribution in [-0.4, -0.2) is 37.4 Å². The monoisotopic (exact) mass is 313 g/mol. The molecule has 0 spiro atoms. The second-order valence-corrected chi connectivity index (χ2v) is 5.39. The standard InChI is InChI=1S/C15H20ClNO4/c1-2-10(3-4-18)9-17-15(19)11-7-12(16)14-13(8-11)20-5-6-21-14/h7-8,10,18H,2-6,9H2,1H3,(H,17,19). The van der Waals surface area contributed by atoms with Gasteiger partial charge in [0.2, 0.25) is 0 Å². The van der Waals surface area contributed by atoms with Gasteiger partial charge in [-0.05, 0) is 24.5 Å². The second-order valence-electron chi connectivity index (χ2n) is 4.98. The molecule has 1 atom stereocenters. The Kier molecular flexibility index (Phi) is 5.70. The van der Waals surface area contributed by atoms with Gasteiger partial charge in [-0.25, -0.2) is 0 Å². The highest BCUT2D eigenvalue weighted by Gasteiger charge is 2.19. The lowest BCUT2D eigenvalue weighted by molar-refractivity contribution is 0.0942. The van der Waals surface area contributed by atoms with Crippen molar-refractivity contribution in [3.05, 3.63) is 22.7 Å². The molecule has 21 heavy (non-hydrogen) atoms. The van der Waals surface area contributed by atoms with E-state index in [-0.39, 0.29) is 18.4 Å². The Labute approximate surface area is 129 Å². The molecule has 1 aliphatic rings. The van der Waals surface area contributed by atoms with Crippen molar-refractivity contribution in [1.82, 2.24) is 5.32 Å². The average Bonchev–Trinajstić information content (AvgIpc) is 2.51. The van der Waals surface area contributed by atoms with E-state index in [4.69, 9.17) is 26.2 Å². The first-order valence-corrected chi connectivity index (χ1v) is 7.51. The lowest BCUT2D eigenvalue weighted by atomic mass is 10.0. The first-order chi connectivity index (χ1) is 10.2. The van der Waals surface area contributed by atoms with E-state index in [1.807, 2.05) is 6.92 Å². The summed E-state index contributed by atoms with van der Waals surface area (Å²) in [5, 5.41) is 12.2. The number of aliphatic hydroxyl groups excluding tert-OH is 1. The van der Waals surface area contributed by atoms with Gasteiger partial charge in [-0.15, -0.1) is 0 Å². The normalized spacial score (nSPS) is 14.6. The number of hydrogen-bond donors (Lipinski definition) is 2. The third-order valence-electron chi connectivity index (χ3n) is 3.53. The summed E-state index contributed by atoms with van der Waals surface area (Å²) in [6, 6.07) is 3.22. The zero-order valence-corrected chi connectivity index (χ0v) is 12.8. The highest BCUT2D eigenvalue weighted by molar-refractivity contribution is 6.32. The van der Waals surface area contributed by atoms with Crippen LogP contribution in [0.2, 0.25) is 5.02 Å². The molecule has 2 N–H and O–H groups in total. The molecule has 0 bridgehead atoms. The van der Waals surface area contributed by atoms with Crippen molar-refractivity contribution in [1.29, 1.82) is 0 Å². The van der Waals surface area contributed by atoms with E-state index in [2.05, 4.69) is 5.32 Å². The van der Waals surface area contributed by atoms with E-state index in [0.29, 0.717) is 48.3 Å². The van der Waals surface area contributed by atoms with E-state index < -0.39 is 0 Å². The summed E-state index contributed by atoms with van der Waals surface area (Å²) in [6.45, 7) is 3.60. The molecule has 1 aromatic rings. The molecule has 0 saturated carbocycles. The van der Waals surface area contributed by atoms with E-state index in [0.717, 1.165) is 6.42 Å². The Morgan fingerprint density at radius 3 is 2.90 bits per heavy atom. The number of nitrogens with one attached hydrogen (secondary N) is 1. The predicted octanol–water partition coefficient (Wildman–Crippen LogP) is 2.25. The third kappa shape index (κ3) is 4.02. The number of aliphatic hydroxyl groups is 1. The lowest BCUT2D eigenvalue weighted by Crippen LogP contribution is -2.29. The zero-order valence-electron chi connectivity index (χ0n) is 12.0. The fourth-order valence-electron chi connectivity index (χ4n) is 2.21. The number of carbonyl (C=O) groups is 1. The Morgan fingerprint density at radius 2 is 2.19 bits per heavy atom. The average molecular weight is 314 g/mol. The van der Waals surface area contributed by atoms with Crippen molar-refractivity contribution in [3.63, 3.8) is 0 Å². The van der Waals surface area contributed by atoms with Gasteiger partial charge in [0.15, 0.2) is 11.5 Å². The van der Waals surface area contributed by atoms with Crippen LogP contribution < -0.4 is 14.8 Å². The van der Waals surface area contributed by atoms with Crippen molar-refractivity contribution in [2.75, 3.05) is 26.4 Å². The topological polar surface area (TPSA) is 67.8 Å². The Morgan fingerprint density at radius 1 is 1.43 bits per heavy atom. The fourth-order valence-corrected chi connectivity index (χ4v) is 2.48. The number of halogens is 1. The van der Waals surface area contributed by atoms with Crippen molar-refractivity contribution >= 4 is 17.5 Å². The maximum absolute atomic E-state index is 12.2. The maximum atomic E-state index is 12.2. The van der Waals surface area contributed by atoms with Gasteiger partial charge in [0, 0.05) is 18.7 Å². The van der Waals surface area contributed by atoms with Crippen molar-refractivity contribution in [2.24, 2.45) is 5.92 Å². The van der Waals surface area contributed by atoms with Crippen LogP contribution in [0.1, 0.15) is 30.1 Å². The minimum atomic E-state index is -0.203. The van der Waals surface area contributed by atoms with Crippen LogP contribution in [-0.2, 0) is 0 Å². The molecule has 6 heteroatoms. The van der Waals surface area contributed by atoms with E-state index >= 15 is 0 Å². The summed E-state index contributed by atoms with van der Waals surface area (Å²) in [7, 11) is 0. The fraction of sp³-hybridized carbons (Fsp3) is 0.533. The van der Waals surface area contributed by atoms with Gasteiger partial charge < -0.3 is 19.9 Å². The van der Waals surface area contributed by atoms with Gasteiger partial charge in [0.05, 0.1) is 5.02 Å². The number of rotatable bonds is 6. The summed E-state index contributed by atoms with van der Waals surface area (Å²) in [5.74, 6) is 1.06. The zero-order chi connectivity index (χ0) is 15.2. The summed E-state index contributed by atoms with van der Waals surface area (Å²) in [6.07, 6.45) is 1.58. The molecule has 1 heterocycles. The maximum Gasteiger partial charge on any atom is 0.251 e. The molecule has 1 aliphatic heterocycles. The third-order valence-corrected chi connectivity index (χ3v) is 3.81. The van der Waals surface area contributed by atoms with Crippen molar-refractivity contribution in [3.8, 4) is 11.5 Å². The van der Waals surface area contributed by atoms with Crippen LogP contribution in [0.15, 0.2) is 12.1 Å². The molecule has 1 unspecified atom stereocenters. The first-order valence-electron chi connectivity index (χ1n) is 7.14. The number of hydrogen-bond acceptors (Lipinski definition) is 4. The summed E-state index contributed by atoms with van der Waals surface area (Å²) in [4.78, 5) is 12.2.